The quantitative estimate of drug-likeness (QED) is 0.834. The molecule has 5 nitrogen and oxygen atoms in total. The molecule has 1 aromatic rings. The number of hydrogen-bond donors (Lipinski definition) is 2. The van der Waals surface area contributed by atoms with Crippen LogP contribution in [-0.4, -0.2) is 21.5 Å². The number of nitrogen functional groups attached to an aromatic ring is 1. The van der Waals surface area contributed by atoms with Gasteiger partial charge in [0.05, 0.1) is 4.90 Å². The maximum Gasteiger partial charge on any atom is 0.238 e. The molecule has 1 fully saturated rings. The van der Waals surface area contributed by atoms with Crippen molar-refractivity contribution >= 4 is 21.4 Å². The Balaban J connectivity index is 2.26. The summed E-state index contributed by atoms with van der Waals surface area (Å²) in [6.45, 7) is 4.09. The standard InChI is InChI=1S/C14H23N3O2S/c1-2-11-4-3-6-17(7-5-11)13-8-12(15)9-14(10-13)20(16,18)19/h8-11H,2-7,15H2,1H3,(H2,16,18,19). The largest absolute Gasteiger partial charge is 0.399 e. The van der Waals surface area contributed by atoms with Crippen LogP contribution in [0.4, 0.5) is 11.4 Å². The predicted molar refractivity (Wildman–Crippen MR) is 82.1 cm³/mol. The number of primary sulfonamides is 1. The summed E-state index contributed by atoms with van der Waals surface area (Å²) < 4.78 is 23.0. The fourth-order valence-corrected chi connectivity index (χ4v) is 3.37. The van der Waals surface area contributed by atoms with E-state index in [0.29, 0.717) is 5.69 Å². The molecule has 112 valence electrons. The third kappa shape index (κ3) is 3.64. The number of benzene rings is 1. The molecule has 1 aliphatic rings. The minimum atomic E-state index is -3.72. The van der Waals surface area contributed by atoms with Crippen molar-refractivity contribution < 1.29 is 8.42 Å². The first-order valence-electron chi connectivity index (χ1n) is 7.08. The van der Waals surface area contributed by atoms with Crippen LogP contribution in [0.2, 0.25) is 0 Å². The highest BCUT2D eigenvalue weighted by atomic mass is 32.2. The van der Waals surface area contributed by atoms with Gasteiger partial charge in [0, 0.05) is 24.5 Å². The zero-order chi connectivity index (χ0) is 14.8. The topological polar surface area (TPSA) is 89.4 Å². The molecule has 0 bridgehead atoms. The average Bonchev–Trinajstić information content (AvgIpc) is 2.62. The van der Waals surface area contributed by atoms with Crippen LogP contribution in [0.15, 0.2) is 23.1 Å². The van der Waals surface area contributed by atoms with E-state index < -0.39 is 10.0 Å². The number of nitrogens with zero attached hydrogens (tertiary/aromatic N) is 1. The van der Waals surface area contributed by atoms with Crippen molar-refractivity contribution in [1.29, 1.82) is 0 Å². The smallest absolute Gasteiger partial charge is 0.238 e. The molecule has 6 heteroatoms. The molecule has 0 spiro atoms. The summed E-state index contributed by atoms with van der Waals surface area (Å²) in [6.07, 6.45) is 4.69. The van der Waals surface area contributed by atoms with Crippen LogP contribution < -0.4 is 15.8 Å². The van der Waals surface area contributed by atoms with E-state index in [1.165, 1.54) is 18.9 Å². The second kappa shape index (κ2) is 6.01. The van der Waals surface area contributed by atoms with Crippen LogP contribution in [0, 0.1) is 5.92 Å². The highest BCUT2D eigenvalue weighted by Crippen LogP contribution is 2.27. The Bertz CT molecular complexity index is 572. The van der Waals surface area contributed by atoms with E-state index in [9.17, 15) is 8.42 Å². The highest BCUT2D eigenvalue weighted by molar-refractivity contribution is 7.89. The lowest BCUT2D eigenvalue weighted by Gasteiger charge is -2.23. The van der Waals surface area contributed by atoms with Crippen LogP contribution in [0.1, 0.15) is 32.6 Å². The molecule has 4 N–H and O–H groups in total. The Kier molecular flexibility index (Phi) is 4.55. The van der Waals surface area contributed by atoms with Crippen LogP contribution in [0.5, 0.6) is 0 Å². The van der Waals surface area contributed by atoms with Crippen LogP contribution >= 0.6 is 0 Å². The first-order valence-corrected chi connectivity index (χ1v) is 8.63. The molecule has 0 amide bonds. The van der Waals surface area contributed by atoms with Gasteiger partial charge in [-0.05, 0) is 43.4 Å². The van der Waals surface area contributed by atoms with E-state index in [0.717, 1.165) is 37.5 Å². The highest BCUT2D eigenvalue weighted by Gasteiger charge is 2.18. The van der Waals surface area contributed by atoms with Crippen molar-refractivity contribution in [2.24, 2.45) is 11.1 Å². The Hall–Kier alpha value is -1.27. The normalized spacial score (nSPS) is 20.7. The van der Waals surface area contributed by atoms with E-state index in [4.69, 9.17) is 10.9 Å². The summed E-state index contributed by atoms with van der Waals surface area (Å²) in [5, 5.41) is 5.20. The van der Waals surface area contributed by atoms with Gasteiger partial charge < -0.3 is 10.6 Å². The Labute approximate surface area is 121 Å². The van der Waals surface area contributed by atoms with Gasteiger partial charge >= 0.3 is 0 Å². The number of nitrogens with two attached hydrogens (primary N) is 2. The predicted octanol–water partition coefficient (Wildman–Crippen LogP) is 1.93. The van der Waals surface area contributed by atoms with E-state index in [1.54, 1.807) is 6.07 Å². The lowest BCUT2D eigenvalue weighted by molar-refractivity contribution is 0.459. The molecule has 1 aliphatic heterocycles. The molecule has 1 aromatic carbocycles. The number of rotatable bonds is 3. The molecule has 0 saturated carbocycles. The summed E-state index contributed by atoms with van der Waals surface area (Å²) in [6, 6.07) is 4.85. The third-order valence-corrected chi connectivity index (χ3v) is 4.93. The van der Waals surface area contributed by atoms with Crippen molar-refractivity contribution in [1.82, 2.24) is 0 Å². The molecule has 1 heterocycles. The van der Waals surface area contributed by atoms with Crippen LogP contribution in [-0.2, 0) is 10.0 Å². The first-order chi connectivity index (χ1) is 9.40. The monoisotopic (exact) mass is 297 g/mol. The molecule has 1 unspecified atom stereocenters. The third-order valence-electron chi connectivity index (χ3n) is 4.03. The Morgan fingerprint density at radius 2 is 2.00 bits per heavy atom. The molecule has 2 rings (SSSR count). The van der Waals surface area contributed by atoms with Gasteiger partial charge in [0.1, 0.15) is 0 Å². The fraction of sp³-hybridized carbons (Fsp3) is 0.571. The van der Waals surface area contributed by atoms with Gasteiger partial charge in [0.25, 0.3) is 0 Å². The average molecular weight is 297 g/mol. The van der Waals surface area contributed by atoms with Gasteiger partial charge in [-0.15, -0.1) is 0 Å². The van der Waals surface area contributed by atoms with Crippen molar-refractivity contribution in [3.05, 3.63) is 18.2 Å². The van der Waals surface area contributed by atoms with Gasteiger partial charge in [0.2, 0.25) is 10.0 Å². The minimum Gasteiger partial charge on any atom is -0.399 e. The number of sulfonamides is 1. The molecule has 0 aliphatic carbocycles. The second-order valence-corrected chi connectivity index (χ2v) is 7.06. The van der Waals surface area contributed by atoms with Crippen molar-refractivity contribution in [2.45, 2.75) is 37.5 Å². The van der Waals surface area contributed by atoms with Crippen molar-refractivity contribution in [3.63, 3.8) is 0 Å². The molecule has 20 heavy (non-hydrogen) atoms. The Morgan fingerprint density at radius 3 is 2.65 bits per heavy atom. The summed E-state index contributed by atoms with van der Waals surface area (Å²) in [4.78, 5) is 2.30. The lowest BCUT2D eigenvalue weighted by atomic mass is 9.98. The summed E-state index contributed by atoms with van der Waals surface area (Å²) in [7, 11) is -3.72. The number of anilines is 2. The molecule has 1 saturated heterocycles. The number of hydrogen-bond acceptors (Lipinski definition) is 4. The van der Waals surface area contributed by atoms with Crippen molar-refractivity contribution in [3.8, 4) is 0 Å². The fourth-order valence-electron chi connectivity index (χ4n) is 2.78. The zero-order valence-corrected chi connectivity index (χ0v) is 12.7. The lowest BCUT2D eigenvalue weighted by Crippen LogP contribution is -2.25. The van der Waals surface area contributed by atoms with Crippen LogP contribution in [0.3, 0.4) is 0 Å². The zero-order valence-electron chi connectivity index (χ0n) is 11.9. The Morgan fingerprint density at radius 1 is 1.25 bits per heavy atom. The van der Waals surface area contributed by atoms with E-state index in [-0.39, 0.29) is 4.90 Å². The molecule has 0 radical (unpaired) electrons. The first kappa shape index (κ1) is 15.1. The SMILES string of the molecule is CCC1CCCN(c2cc(N)cc(S(N)(=O)=O)c2)CC1. The molecule has 0 aromatic heterocycles. The van der Waals surface area contributed by atoms with E-state index >= 15 is 0 Å². The van der Waals surface area contributed by atoms with Gasteiger partial charge in [-0.1, -0.05) is 13.3 Å². The summed E-state index contributed by atoms with van der Waals surface area (Å²) >= 11 is 0. The van der Waals surface area contributed by atoms with Crippen molar-refractivity contribution in [2.75, 3.05) is 23.7 Å². The minimum absolute atomic E-state index is 0.0868. The molecular weight excluding hydrogens is 274 g/mol. The maximum absolute atomic E-state index is 11.5. The molecular formula is C14H23N3O2S. The van der Waals surface area contributed by atoms with E-state index in [1.807, 2.05) is 6.07 Å². The molecule has 1 atom stereocenters. The van der Waals surface area contributed by atoms with Gasteiger partial charge in [-0.2, -0.15) is 0 Å². The van der Waals surface area contributed by atoms with Gasteiger partial charge in [0.15, 0.2) is 0 Å². The maximum atomic E-state index is 11.5. The van der Waals surface area contributed by atoms with E-state index in [2.05, 4.69) is 11.8 Å². The summed E-state index contributed by atoms with van der Waals surface area (Å²) in [5.74, 6) is 0.763. The summed E-state index contributed by atoms with van der Waals surface area (Å²) in [5.41, 5.74) is 7.09. The van der Waals surface area contributed by atoms with Gasteiger partial charge in [-0.3, -0.25) is 0 Å². The van der Waals surface area contributed by atoms with Crippen LogP contribution in [0.25, 0.3) is 0 Å². The second-order valence-electron chi connectivity index (χ2n) is 5.50. The van der Waals surface area contributed by atoms with Gasteiger partial charge in [-0.25, -0.2) is 13.6 Å².